The molecule has 34 valence electrons. The second-order valence-electron chi connectivity index (χ2n) is 0.346. The number of rotatable bonds is 0. The Kier molecular flexibility index (Phi) is 25.8. The number of hydrogen-bond acceptors (Lipinski definition) is 3. The molecule has 0 saturated heterocycles. The van der Waals surface area contributed by atoms with Gasteiger partial charge in [-0.25, -0.2) is 0 Å². The van der Waals surface area contributed by atoms with Crippen molar-refractivity contribution in [1.29, 1.82) is 0 Å². The zero-order valence-electron chi connectivity index (χ0n) is 1.92. The Labute approximate surface area is 76.7 Å². The van der Waals surface area contributed by atoms with Crippen LogP contribution in [0.2, 0.25) is 0 Å². The molecule has 0 heterocycles. The molecule has 0 aliphatic carbocycles. The molecule has 0 aromatic heterocycles. The van der Waals surface area contributed by atoms with Crippen LogP contribution in [-0.4, -0.2) is 77.5 Å². The Morgan fingerprint density at radius 2 is 1.00 bits per heavy atom. The van der Waals surface area contributed by atoms with Crippen LogP contribution in [0.25, 0.3) is 0 Å². The zero-order chi connectivity index (χ0) is 3.58. The Bertz CT molecular complexity index is 15.5. The third kappa shape index (κ3) is 42.7. The third-order valence-electron chi connectivity index (χ3n) is 0. The van der Waals surface area contributed by atoms with Crippen molar-refractivity contribution in [1.82, 2.24) is 0 Å². The van der Waals surface area contributed by atoms with Crippen LogP contribution in [0.4, 0.5) is 0 Å². The van der Waals surface area contributed by atoms with Crippen molar-refractivity contribution in [3.05, 3.63) is 0 Å². The molecule has 0 aliphatic rings. The van der Waals surface area contributed by atoms with Gasteiger partial charge in [-0.05, 0) is 0 Å². The normalized spacial score (nSPS) is 4.50. The fourth-order valence-corrected chi connectivity index (χ4v) is 0. The fourth-order valence-electron chi connectivity index (χ4n) is 0. The predicted octanol–water partition coefficient (Wildman–Crippen LogP) is -4.15. The van der Waals surface area contributed by atoms with Crippen LogP contribution in [0.15, 0.2) is 0 Å². The van der Waals surface area contributed by atoms with Gasteiger partial charge in [0.15, 0.2) is 17.4 Å². The Morgan fingerprint density at radius 3 is 1.00 bits per heavy atom. The average Bonchev–Trinajstić information content (AvgIpc) is 0.811. The second-order valence-corrected chi connectivity index (χ2v) is 0.346. The van der Waals surface area contributed by atoms with Gasteiger partial charge < -0.3 is 15.1 Å². The van der Waals surface area contributed by atoms with Gasteiger partial charge in [-0.3, -0.25) is 0 Å². The molecule has 0 amide bonds. The quantitative estimate of drug-likeness (QED) is 0.295. The molecular formula is H8AlBCaO3. The molecule has 0 spiro atoms. The SMILES string of the molecule is OB(O)O.[AlH3].[CaH2]. The van der Waals surface area contributed by atoms with E-state index in [2.05, 4.69) is 0 Å². The molecule has 3 N–H and O–H groups in total. The van der Waals surface area contributed by atoms with E-state index in [4.69, 9.17) is 15.1 Å². The summed E-state index contributed by atoms with van der Waals surface area (Å²) in [7, 11) is -2.17. The summed E-state index contributed by atoms with van der Waals surface area (Å²) >= 11 is 0. The monoisotopic (exact) mass is 134 g/mol. The second kappa shape index (κ2) is 9.88. The van der Waals surface area contributed by atoms with Gasteiger partial charge in [0.05, 0.1) is 0 Å². The van der Waals surface area contributed by atoms with E-state index in [1.807, 2.05) is 0 Å². The molecule has 0 aromatic carbocycles. The summed E-state index contributed by atoms with van der Waals surface area (Å²) in [6, 6.07) is 0. The van der Waals surface area contributed by atoms with Gasteiger partial charge in [0, 0.05) is 0 Å². The van der Waals surface area contributed by atoms with E-state index < -0.39 is 7.32 Å². The molecule has 0 bridgehead atoms. The van der Waals surface area contributed by atoms with Gasteiger partial charge in [-0.1, -0.05) is 0 Å². The van der Waals surface area contributed by atoms with Crippen LogP contribution < -0.4 is 0 Å². The maximum absolute atomic E-state index is 7.17. The molecule has 0 saturated carbocycles. The van der Waals surface area contributed by atoms with E-state index in [0.717, 1.165) is 0 Å². The summed E-state index contributed by atoms with van der Waals surface area (Å²) in [6.45, 7) is 0. The molecular weight excluding hydrogens is 126 g/mol. The Hall–Kier alpha value is 1.74. The molecule has 0 atom stereocenters. The van der Waals surface area contributed by atoms with Gasteiger partial charge in [-0.2, -0.15) is 0 Å². The van der Waals surface area contributed by atoms with Crippen LogP contribution >= 0.6 is 0 Å². The van der Waals surface area contributed by atoms with Crippen molar-refractivity contribution in [2.24, 2.45) is 0 Å². The summed E-state index contributed by atoms with van der Waals surface area (Å²) in [5, 5.41) is 21.5. The average molecular weight is 134 g/mol. The first-order valence-electron chi connectivity index (χ1n) is 0.775. The molecule has 0 aromatic rings. The van der Waals surface area contributed by atoms with Gasteiger partial charge in [0.1, 0.15) is 0 Å². The molecule has 0 unspecified atom stereocenters. The molecule has 6 heavy (non-hydrogen) atoms. The summed E-state index contributed by atoms with van der Waals surface area (Å²) in [6.07, 6.45) is 0. The minimum atomic E-state index is -2.17. The van der Waals surface area contributed by atoms with Crippen LogP contribution in [-0.2, 0) is 0 Å². The van der Waals surface area contributed by atoms with E-state index in [1.54, 1.807) is 0 Å². The molecule has 0 rings (SSSR count). The molecule has 0 aliphatic heterocycles. The van der Waals surface area contributed by atoms with Crippen molar-refractivity contribution < 1.29 is 15.1 Å². The van der Waals surface area contributed by atoms with Gasteiger partial charge in [-0.15, -0.1) is 0 Å². The van der Waals surface area contributed by atoms with Crippen LogP contribution in [0, 0.1) is 0 Å². The van der Waals surface area contributed by atoms with Crippen LogP contribution in [0.1, 0.15) is 0 Å². The first kappa shape index (κ1) is 15.6. The Balaban J connectivity index is -0.0000000450. The predicted molar refractivity (Wildman–Crippen MR) is 30.9 cm³/mol. The standard InChI is InChI=1S/Al.BH3O3.Ca.5H/c;2-1(3)4;;;;;;/h;2-4H;;;;;;. The fraction of sp³-hybridized carbons (Fsp3) is 0. The molecule has 3 nitrogen and oxygen atoms in total. The van der Waals surface area contributed by atoms with E-state index in [-0.39, 0.29) is 55.1 Å². The van der Waals surface area contributed by atoms with Gasteiger partial charge in [0.2, 0.25) is 0 Å². The molecule has 0 fully saturated rings. The minimum absolute atomic E-state index is 0. The summed E-state index contributed by atoms with van der Waals surface area (Å²) < 4.78 is 0. The number of hydrogen-bond donors (Lipinski definition) is 3. The van der Waals surface area contributed by atoms with Crippen molar-refractivity contribution in [2.75, 3.05) is 0 Å². The van der Waals surface area contributed by atoms with Crippen LogP contribution in [0.3, 0.4) is 0 Å². The topological polar surface area (TPSA) is 60.7 Å². The Morgan fingerprint density at radius 1 is 1.00 bits per heavy atom. The van der Waals surface area contributed by atoms with E-state index in [1.165, 1.54) is 0 Å². The third-order valence-corrected chi connectivity index (χ3v) is 0. The van der Waals surface area contributed by atoms with Crippen molar-refractivity contribution in [3.63, 3.8) is 0 Å². The zero-order valence-corrected chi connectivity index (χ0v) is 1.92. The van der Waals surface area contributed by atoms with E-state index in [9.17, 15) is 0 Å². The van der Waals surface area contributed by atoms with Gasteiger partial charge >= 0.3 is 45.1 Å². The summed E-state index contributed by atoms with van der Waals surface area (Å²) in [5.41, 5.74) is 0. The van der Waals surface area contributed by atoms with Crippen LogP contribution in [0.5, 0.6) is 0 Å². The first-order valence-corrected chi connectivity index (χ1v) is 0.775. The summed E-state index contributed by atoms with van der Waals surface area (Å²) in [5.74, 6) is 0. The van der Waals surface area contributed by atoms with E-state index >= 15 is 0 Å². The summed E-state index contributed by atoms with van der Waals surface area (Å²) in [4.78, 5) is 0. The van der Waals surface area contributed by atoms with Crippen molar-refractivity contribution in [2.45, 2.75) is 0 Å². The molecule has 0 radical (unpaired) electrons. The van der Waals surface area contributed by atoms with Crippen molar-refractivity contribution in [3.8, 4) is 0 Å². The maximum atomic E-state index is 7.17. The van der Waals surface area contributed by atoms with Crippen molar-refractivity contribution >= 4 is 62.4 Å². The first-order chi connectivity index (χ1) is 1.73. The van der Waals surface area contributed by atoms with Gasteiger partial charge in [0.25, 0.3) is 0 Å². The van der Waals surface area contributed by atoms with E-state index in [0.29, 0.717) is 0 Å². The molecule has 6 heteroatoms.